The molecule has 0 bridgehead atoms. The molecule has 0 saturated carbocycles. The van der Waals surface area contributed by atoms with E-state index < -0.39 is 63.1 Å². The number of aromatic nitrogens is 1. The van der Waals surface area contributed by atoms with Crippen LogP contribution in [0.3, 0.4) is 0 Å². The van der Waals surface area contributed by atoms with Gasteiger partial charge in [0.05, 0.1) is 12.6 Å². The van der Waals surface area contributed by atoms with E-state index in [1.807, 2.05) is 0 Å². The normalized spacial score (nSPS) is 18.1. The fourth-order valence-corrected chi connectivity index (χ4v) is 4.43. The van der Waals surface area contributed by atoms with E-state index >= 15 is 0 Å². The zero-order valence-electron chi connectivity index (χ0n) is 23.0. The molecule has 1 aliphatic heterocycles. The summed E-state index contributed by atoms with van der Waals surface area (Å²) in [6.45, 7) is 8.54. The number of ether oxygens (including phenoxy) is 2. The number of anilines is 1. The number of β-lactam (4-membered cyclic amide) rings is 1. The number of amides is 2. The number of nitrogens with zero attached hydrogens (tertiary/aromatic N) is 3. The first-order valence-electron chi connectivity index (χ1n) is 10.8. The third-order valence-electron chi connectivity index (χ3n) is 4.66. The van der Waals surface area contributed by atoms with Crippen LogP contribution in [-0.2, 0) is 43.8 Å². The van der Waals surface area contributed by atoms with Gasteiger partial charge < -0.3 is 26.8 Å². The molecule has 2 unspecified atom stereocenters. The molecule has 208 valence electrons. The molecule has 0 spiro atoms. The minimum Gasteiger partial charge on any atom is -1.00 e. The SMILES string of the molecule is CC(=O)OCCC1C(NC(=O)/C(=N\OC(C)(C)C(=O)OC(C)(C)C)c2csc(N)n2)C(=O)N1S(=O)(=O)O.[H-].[Na+]. The van der Waals surface area contributed by atoms with Crippen LogP contribution in [-0.4, -0.2) is 81.6 Å². The molecule has 2 amide bonds. The first kappa shape index (κ1) is 33.7. The van der Waals surface area contributed by atoms with Crippen molar-refractivity contribution in [3.05, 3.63) is 11.1 Å². The molecule has 0 radical (unpaired) electrons. The Labute approximate surface area is 247 Å². The van der Waals surface area contributed by atoms with Crippen molar-refractivity contribution in [3.8, 4) is 0 Å². The van der Waals surface area contributed by atoms with Crippen molar-refractivity contribution in [2.45, 2.75) is 71.2 Å². The smallest absolute Gasteiger partial charge is 1.00 e. The quantitative estimate of drug-likeness (QED) is 0.0629. The Hall–Kier alpha value is -2.31. The van der Waals surface area contributed by atoms with Gasteiger partial charge in [0.15, 0.2) is 10.8 Å². The summed E-state index contributed by atoms with van der Waals surface area (Å²) >= 11 is 0.978. The van der Waals surface area contributed by atoms with Crippen LogP contribution < -0.4 is 40.6 Å². The summed E-state index contributed by atoms with van der Waals surface area (Å²) in [5.74, 6) is -3.57. The van der Waals surface area contributed by atoms with Gasteiger partial charge in [-0.25, -0.2) is 14.1 Å². The van der Waals surface area contributed by atoms with Gasteiger partial charge in [-0.3, -0.25) is 18.9 Å². The fraction of sp³-hybridized carbons (Fsp3) is 0.600. The Bertz CT molecular complexity index is 1220. The second-order valence-electron chi connectivity index (χ2n) is 9.37. The summed E-state index contributed by atoms with van der Waals surface area (Å²) in [7, 11) is -4.95. The molecule has 1 fully saturated rings. The van der Waals surface area contributed by atoms with E-state index in [4.69, 9.17) is 20.0 Å². The maximum Gasteiger partial charge on any atom is 1.00 e. The third kappa shape index (κ3) is 8.88. The number of rotatable bonds is 10. The van der Waals surface area contributed by atoms with Crippen molar-refractivity contribution in [2.75, 3.05) is 12.3 Å². The van der Waals surface area contributed by atoms with Gasteiger partial charge in [0.2, 0.25) is 5.60 Å². The van der Waals surface area contributed by atoms with Gasteiger partial charge in [0, 0.05) is 18.7 Å². The van der Waals surface area contributed by atoms with E-state index in [2.05, 4.69) is 15.5 Å². The zero-order valence-corrected chi connectivity index (χ0v) is 25.6. The molecule has 38 heavy (non-hydrogen) atoms. The summed E-state index contributed by atoms with van der Waals surface area (Å²) in [5.41, 5.74) is 2.67. The molecule has 1 aliphatic rings. The van der Waals surface area contributed by atoms with Gasteiger partial charge in [-0.1, -0.05) is 5.16 Å². The molecule has 2 atom stereocenters. The molecular weight excluding hydrogens is 557 g/mol. The number of carbonyl (C=O) groups is 4. The molecule has 4 N–H and O–H groups in total. The van der Waals surface area contributed by atoms with Crippen molar-refractivity contribution < 1.29 is 77.4 Å². The number of esters is 2. The average Bonchev–Trinajstić information content (AvgIpc) is 3.14. The molecule has 2 rings (SSSR count). The van der Waals surface area contributed by atoms with E-state index in [1.54, 1.807) is 20.8 Å². The van der Waals surface area contributed by atoms with Gasteiger partial charge in [-0.2, -0.15) is 8.42 Å². The van der Waals surface area contributed by atoms with Crippen molar-refractivity contribution in [1.29, 1.82) is 0 Å². The summed E-state index contributed by atoms with van der Waals surface area (Å²) in [5, 5.41) is 7.55. The maximum atomic E-state index is 13.1. The number of thiazole rings is 1. The molecule has 18 heteroatoms. The van der Waals surface area contributed by atoms with Crippen molar-refractivity contribution in [1.82, 2.24) is 14.6 Å². The van der Waals surface area contributed by atoms with Crippen LogP contribution in [0.25, 0.3) is 0 Å². The standard InChI is InChI=1S/C20H29N5O10S2.Na.H/c1-10(26)33-8-7-12-14(16(28)25(12)37(30,31)32)23-15(27)13(11-9-36-18(21)22-11)24-35-20(5,6)17(29)34-19(2,3)4;;/h9,12,14H,7-8H2,1-6H3,(H2,21,22)(H,23,27)(H,30,31,32);;/q;+1;-1/b24-13-;;. The van der Waals surface area contributed by atoms with Crippen molar-refractivity contribution in [3.63, 3.8) is 0 Å². The molecular formula is C20H30N5NaO10S2. The number of nitrogens with one attached hydrogen (secondary N) is 1. The second-order valence-corrected chi connectivity index (χ2v) is 11.6. The van der Waals surface area contributed by atoms with Crippen LogP contribution in [0.1, 0.15) is 55.1 Å². The number of hydrogen-bond acceptors (Lipinski definition) is 13. The Morgan fingerprint density at radius 1 is 1.29 bits per heavy atom. The zero-order chi connectivity index (χ0) is 28.3. The van der Waals surface area contributed by atoms with E-state index in [-0.39, 0.29) is 59.1 Å². The summed E-state index contributed by atoms with van der Waals surface area (Å²) in [4.78, 5) is 58.4. The Kier molecular flexibility index (Phi) is 11.3. The number of oxime groups is 1. The third-order valence-corrected chi connectivity index (χ3v) is 6.28. The Balaban J connectivity index is 0.00000722. The van der Waals surface area contributed by atoms with Crippen LogP contribution in [0.2, 0.25) is 0 Å². The molecule has 0 aliphatic carbocycles. The summed E-state index contributed by atoms with van der Waals surface area (Å²) in [6, 6.07) is -2.68. The molecule has 1 saturated heterocycles. The van der Waals surface area contributed by atoms with Crippen molar-refractivity contribution >= 4 is 56.2 Å². The molecule has 1 aromatic rings. The molecule has 2 heterocycles. The monoisotopic (exact) mass is 587 g/mol. The molecule has 15 nitrogen and oxygen atoms in total. The number of carbonyl (C=O) groups excluding carboxylic acids is 4. The largest absolute Gasteiger partial charge is 1.00 e. The minimum absolute atomic E-state index is 0. The van der Waals surface area contributed by atoms with Crippen LogP contribution >= 0.6 is 11.3 Å². The summed E-state index contributed by atoms with van der Waals surface area (Å²) < 4.78 is 42.9. The number of nitrogens with two attached hydrogens (primary N) is 1. The van der Waals surface area contributed by atoms with Gasteiger partial charge in [0.25, 0.3) is 11.8 Å². The van der Waals surface area contributed by atoms with Crippen LogP contribution in [0.15, 0.2) is 10.5 Å². The first-order valence-corrected chi connectivity index (χ1v) is 13.1. The van der Waals surface area contributed by atoms with Crippen molar-refractivity contribution in [2.24, 2.45) is 5.16 Å². The van der Waals surface area contributed by atoms with E-state index in [0.29, 0.717) is 0 Å². The summed E-state index contributed by atoms with van der Waals surface area (Å²) in [6.07, 6.45) is -0.214. The minimum atomic E-state index is -4.95. The second kappa shape index (κ2) is 12.7. The number of hydrogen-bond donors (Lipinski definition) is 3. The first-order chi connectivity index (χ1) is 16.8. The Morgan fingerprint density at radius 3 is 2.37 bits per heavy atom. The Morgan fingerprint density at radius 2 is 1.89 bits per heavy atom. The predicted octanol–water partition coefficient (Wildman–Crippen LogP) is -2.87. The van der Waals surface area contributed by atoms with Gasteiger partial charge in [-0.05, 0) is 34.6 Å². The molecule has 1 aromatic heterocycles. The molecule has 0 aromatic carbocycles. The predicted molar refractivity (Wildman–Crippen MR) is 131 cm³/mol. The number of nitrogen functional groups attached to an aromatic ring is 1. The van der Waals surface area contributed by atoms with Gasteiger partial charge in [-0.15, -0.1) is 11.3 Å². The van der Waals surface area contributed by atoms with Gasteiger partial charge in [0.1, 0.15) is 17.3 Å². The van der Waals surface area contributed by atoms with Crippen LogP contribution in [0, 0.1) is 0 Å². The van der Waals surface area contributed by atoms with E-state index in [9.17, 15) is 32.1 Å². The fourth-order valence-electron chi connectivity index (χ4n) is 2.98. The van der Waals surface area contributed by atoms with Gasteiger partial charge >= 0.3 is 51.8 Å². The van der Waals surface area contributed by atoms with Crippen LogP contribution in [0.4, 0.5) is 5.13 Å². The topological polar surface area (TPSA) is 217 Å². The van der Waals surface area contributed by atoms with E-state index in [1.165, 1.54) is 19.2 Å². The van der Waals surface area contributed by atoms with E-state index in [0.717, 1.165) is 18.3 Å². The average molecular weight is 588 g/mol. The maximum absolute atomic E-state index is 13.1. The van der Waals surface area contributed by atoms with Crippen LogP contribution in [0.5, 0.6) is 0 Å².